The maximum absolute atomic E-state index is 11.8. The van der Waals surface area contributed by atoms with Crippen LogP contribution in [0.3, 0.4) is 0 Å². The first-order valence-electron chi connectivity index (χ1n) is 12.7. The Hall–Kier alpha value is -2.05. The van der Waals surface area contributed by atoms with E-state index in [-0.39, 0.29) is 25.2 Å². The summed E-state index contributed by atoms with van der Waals surface area (Å²) in [6, 6.07) is 8.71. The summed E-state index contributed by atoms with van der Waals surface area (Å²) >= 11 is 0. The highest BCUT2D eigenvalue weighted by atomic mass is 32.2. The summed E-state index contributed by atoms with van der Waals surface area (Å²) in [5, 5.41) is 0. The van der Waals surface area contributed by atoms with Gasteiger partial charge >= 0.3 is 0 Å². The van der Waals surface area contributed by atoms with E-state index < -0.39 is 40.3 Å². The van der Waals surface area contributed by atoms with Crippen LogP contribution in [0.2, 0.25) is 0 Å². The fraction of sp³-hybridized carbons (Fsp3) is 0.692. The first kappa shape index (κ1) is 29.5. The summed E-state index contributed by atoms with van der Waals surface area (Å²) in [7, 11) is -3.70. The molecule has 0 N–H and O–H groups in total. The Morgan fingerprint density at radius 1 is 0.973 bits per heavy atom. The summed E-state index contributed by atoms with van der Waals surface area (Å²) in [4.78, 5) is 9.82. The van der Waals surface area contributed by atoms with Gasteiger partial charge in [0.15, 0.2) is 11.8 Å². The molecule has 37 heavy (non-hydrogen) atoms. The highest BCUT2D eigenvalue weighted by molar-refractivity contribution is 7.85. The molecule has 1 saturated heterocycles. The Morgan fingerprint density at radius 3 is 2.14 bits per heavy atom. The number of benzene rings is 1. The van der Waals surface area contributed by atoms with Gasteiger partial charge in [-0.2, -0.15) is 8.42 Å². The minimum atomic E-state index is -3.70. The highest BCUT2D eigenvalue weighted by Gasteiger charge is 2.51. The van der Waals surface area contributed by atoms with E-state index in [1.807, 2.05) is 58.0 Å². The standard InChI is InChI=1S/C26H40N2O8S/c1-8-31-24-20(17(3)4)27-25(32-9-2)21(28-24)23(33-15-18-13-11-10-12-14-18)22-19(16-34-37(7,29)30)35-26(5,6)36-22/h10-14,17,19-23H,8-9,15-16H2,1-7H3/t19-,20+,21-,22+,23-/m0/s1. The van der Waals surface area contributed by atoms with Crippen LogP contribution in [0, 0.1) is 5.92 Å². The molecule has 0 spiro atoms. The van der Waals surface area contributed by atoms with Gasteiger partial charge in [-0.3, -0.25) is 4.18 Å². The van der Waals surface area contributed by atoms with Crippen LogP contribution in [-0.4, -0.2) is 82.5 Å². The van der Waals surface area contributed by atoms with E-state index in [4.69, 9.17) is 37.9 Å². The predicted octanol–water partition coefficient (Wildman–Crippen LogP) is 3.34. The van der Waals surface area contributed by atoms with Gasteiger partial charge < -0.3 is 23.7 Å². The van der Waals surface area contributed by atoms with Crippen LogP contribution < -0.4 is 0 Å². The van der Waals surface area contributed by atoms with Crippen molar-refractivity contribution in [1.29, 1.82) is 0 Å². The average molecular weight is 541 g/mol. The summed E-state index contributed by atoms with van der Waals surface area (Å²) in [6.07, 6.45) is -1.23. The molecule has 0 bridgehead atoms. The molecule has 0 saturated carbocycles. The second kappa shape index (κ2) is 12.7. The number of aliphatic imine (C=N–C) groups is 2. The van der Waals surface area contributed by atoms with Crippen molar-refractivity contribution in [3.8, 4) is 0 Å². The number of hydrogen-bond donors (Lipinski definition) is 0. The third-order valence-corrected chi connectivity index (χ3v) is 6.41. The lowest BCUT2D eigenvalue weighted by Gasteiger charge is -2.35. The van der Waals surface area contributed by atoms with Crippen LogP contribution in [-0.2, 0) is 44.6 Å². The first-order chi connectivity index (χ1) is 17.4. The van der Waals surface area contributed by atoms with Gasteiger partial charge in [-0.25, -0.2) is 9.98 Å². The van der Waals surface area contributed by atoms with Crippen LogP contribution >= 0.6 is 0 Å². The fourth-order valence-corrected chi connectivity index (χ4v) is 4.70. The molecule has 0 unspecified atom stereocenters. The lowest BCUT2D eigenvalue weighted by molar-refractivity contribution is -0.162. The molecule has 3 rings (SSSR count). The minimum Gasteiger partial charge on any atom is -0.480 e. The Kier molecular flexibility index (Phi) is 10.1. The Morgan fingerprint density at radius 2 is 1.57 bits per heavy atom. The van der Waals surface area contributed by atoms with E-state index in [1.165, 1.54) is 0 Å². The lowest BCUT2D eigenvalue weighted by atomic mass is 9.97. The smallest absolute Gasteiger partial charge is 0.264 e. The largest absolute Gasteiger partial charge is 0.480 e. The van der Waals surface area contributed by atoms with Crippen molar-refractivity contribution in [1.82, 2.24) is 0 Å². The maximum Gasteiger partial charge on any atom is 0.264 e. The molecule has 208 valence electrons. The van der Waals surface area contributed by atoms with Crippen molar-refractivity contribution in [2.45, 2.75) is 84.3 Å². The quantitative estimate of drug-likeness (QED) is 0.393. The predicted molar refractivity (Wildman–Crippen MR) is 140 cm³/mol. The zero-order valence-electron chi connectivity index (χ0n) is 22.7. The van der Waals surface area contributed by atoms with Crippen molar-refractivity contribution in [3.05, 3.63) is 35.9 Å². The fourth-order valence-electron chi connectivity index (χ4n) is 4.32. The molecule has 1 fully saturated rings. The van der Waals surface area contributed by atoms with Crippen molar-refractivity contribution < 1.29 is 36.3 Å². The van der Waals surface area contributed by atoms with Crippen LogP contribution in [0.1, 0.15) is 47.1 Å². The van der Waals surface area contributed by atoms with Gasteiger partial charge in [0.25, 0.3) is 10.1 Å². The van der Waals surface area contributed by atoms with Gasteiger partial charge in [-0.1, -0.05) is 44.2 Å². The average Bonchev–Trinajstić information content (AvgIpc) is 3.13. The molecule has 2 aliphatic rings. The number of nitrogens with zero attached hydrogens (tertiary/aromatic N) is 2. The van der Waals surface area contributed by atoms with Crippen molar-refractivity contribution in [2.75, 3.05) is 26.1 Å². The molecule has 0 radical (unpaired) electrons. The number of ether oxygens (including phenoxy) is 5. The Labute approximate surface area is 220 Å². The molecule has 0 aromatic heterocycles. The van der Waals surface area contributed by atoms with E-state index >= 15 is 0 Å². The zero-order valence-corrected chi connectivity index (χ0v) is 23.6. The van der Waals surface area contributed by atoms with E-state index in [9.17, 15) is 8.42 Å². The van der Waals surface area contributed by atoms with Crippen LogP contribution in [0.4, 0.5) is 0 Å². The monoisotopic (exact) mass is 540 g/mol. The lowest BCUT2D eigenvalue weighted by Crippen LogP contribution is -2.52. The highest BCUT2D eigenvalue weighted by Crippen LogP contribution is 2.35. The molecule has 1 aromatic carbocycles. The summed E-state index contributed by atoms with van der Waals surface area (Å²) in [6.45, 7) is 12.2. The third-order valence-electron chi connectivity index (χ3n) is 5.84. The Balaban J connectivity index is 2.02. The second-order valence-electron chi connectivity index (χ2n) is 9.82. The first-order valence-corrected chi connectivity index (χ1v) is 14.5. The summed E-state index contributed by atoms with van der Waals surface area (Å²) in [5.41, 5.74) is 0.953. The van der Waals surface area contributed by atoms with Gasteiger partial charge in [0.05, 0.1) is 32.7 Å². The van der Waals surface area contributed by atoms with E-state index in [0.29, 0.717) is 25.0 Å². The molecule has 0 aliphatic carbocycles. The minimum absolute atomic E-state index is 0.131. The van der Waals surface area contributed by atoms with Crippen molar-refractivity contribution in [2.24, 2.45) is 15.9 Å². The second-order valence-corrected chi connectivity index (χ2v) is 11.5. The van der Waals surface area contributed by atoms with Crippen molar-refractivity contribution >= 4 is 21.9 Å². The van der Waals surface area contributed by atoms with Gasteiger partial charge in [0, 0.05) is 0 Å². The van der Waals surface area contributed by atoms with Gasteiger partial charge in [-0.05, 0) is 39.2 Å². The zero-order chi connectivity index (χ0) is 27.2. The molecular weight excluding hydrogens is 500 g/mol. The number of rotatable bonds is 11. The molecular formula is C26H40N2O8S. The molecule has 0 amide bonds. The van der Waals surface area contributed by atoms with Gasteiger partial charge in [0.1, 0.15) is 24.4 Å². The normalized spacial score (nSPS) is 26.5. The molecule has 2 aliphatic heterocycles. The van der Waals surface area contributed by atoms with E-state index in [2.05, 4.69) is 0 Å². The topological polar surface area (TPSA) is 114 Å². The van der Waals surface area contributed by atoms with Crippen molar-refractivity contribution in [3.63, 3.8) is 0 Å². The molecule has 1 aromatic rings. The van der Waals surface area contributed by atoms with Gasteiger partial charge in [-0.15, -0.1) is 0 Å². The molecule has 11 heteroatoms. The van der Waals surface area contributed by atoms with Crippen LogP contribution in [0.25, 0.3) is 0 Å². The summed E-state index contributed by atoms with van der Waals surface area (Å²) in [5.74, 6) is 0.0428. The summed E-state index contributed by atoms with van der Waals surface area (Å²) < 4.78 is 59.3. The van der Waals surface area contributed by atoms with E-state index in [1.54, 1.807) is 13.8 Å². The third kappa shape index (κ3) is 8.22. The molecule has 5 atom stereocenters. The van der Waals surface area contributed by atoms with Crippen LogP contribution in [0.5, 0.6) is 0 Å². The maximum atomic E-state index is 11.8. The molecule has 2 heterocycles. The molecule has 10 nitrogen and oxygen atoms in total. The van der Waals surface area contributed by atoms with Crippen LogP contribution in [0.15, 0.2) is 40.3 Å². The Bertz CT molecular complexity index is 1040. The van der Waals surface area contributed by atoms with E-state index in [0.717, 1.165) is 11.8 Å². The number of hydrogen-bond acceptors (Lipinski definition) is 10. The SMILES string of the molecule is CCOC1=N[C@H](C(C)C)C(OCC)=N[C@H]1[C@H](OCc1ccccc1)[C@@H]1OC(C)(C)O[C@H]1COS(C)(=O)=O. The van der Waals surface area contributed by atoms with Gasteiger partial charge in [0.2, 0.25) is 11.8 Å².